The summed E-state index contributed by atoms with van der Waals surface area (Å²) in [6, 6.07) is 0. The molecule has 29 heteroatoms. The van der Waals surface area contributed by atoms with Gasteiger partial charge in [-0.25, -0.2) is 0 Å². The van der Waals surface area contributed by atoms with Crippen molar-refractivity contribution in [3.8, 4) is 0 Å². The van der Waals surface area contributed by atoms with Crippen LogP contribution in [0.1, 0.15) is 0 Å². The smallest absolute Gasteiger partial charge is 0 e. The van der Waals surface area contributed by atoms with Gasteiger partial charge in [0.2, 0.25) is 0 Å². The normalized spacial score (nSPS) is 0. The number of hydrogen-bond acceptors (Lipinski definition) is 0. The Balaban J connectivity index is 0. The van der Waals surface area contributed by atoms with Crippen LogP contribution >= 0.6 is 0 Å². The van der Waals surface area contributed by atoms with E-state index in [9.17, 15) is 0 Å². The Morgan fingerprint density at radius 2 is 0.0345 bits per heavy atom. The van der Waals surface area contributed by atoms with Crippen molar-refractivity contribution in [3.05, 3.63) is 0 Å². The average Bonchev–Trinajstić information content (AvgIpc) is 0. The van der Waals surface area contributed by atoms with Crippen LogP contribution in [0.3, 0.4) is 0 Å². The molecule has 0 aromatic carbocycles. The summed E-state index contributed by atoms with van der Waals surface area (Å²) in [6.07, 6.45) is 0. The first kappa shape index (κ1) is 301. The van der Waals surface area contributed by atoms with Gasteiger partial charge in [-0.15, -0.1) is 0 Å². The number of rotatable bonds is 0. The molecule has 0 aliphatic rings. The van der Waals surface area contributed by atoms with Crippen LogP contribution in [-0.4, -0.2) is 0 Å². The molecule has 0 rings (SSSR count). The molecule has 0 heterocycles. The second-order valence-corrected chi connectivity index (χ2v) is 0. The minimum Gasteiger partial charge on any atom is 0 e. The van der Waals surface area contributed by atoms with Crippen LogP contribution in [0.2, 0.25) is 0 Å². The maximum absolute atomic E-state index is 0. The molecule has 29 heavy (non-hydrogen) atoms. The Hall–Kier alpha value is 18.5. The van der Waals surface area contributed by atoms with E-state index in [4.69, 9.17) is 0 Å². The first-order valence-electron chi connectivity index (χ1n) is 0. The van der Waals surface area contributed by atoms with Crippen molar-refractivity contribution in [1.29, 1.82) is 0 Å². The Bertz CT molecular complexity index is 0. The third kappa shape index (κ3) is 270. The molecule has 0 N–H and O–H groups in total. The van der Waals surface area contributed by atoms with Crippen LogP contribution in [0.15, 0.2) is 0 Å². The summed E-state index contributed by atoms with van der Waals surface area (Å²) in [5.74, 6) is 0. The van der Waals surface area contributed by atoms with E-state index in [1.165, 1.54) is 0 Å². The molecule has 0 unspecified atom stereocenters. The van der Waals surface area contributed by atoms with Gasteiger partial charge in [-0.05, 0) is 0 Å². The van der Waals surface area contributed by atoms with Gasteiger partial charge >= 0.3 is 0 Å². The molecule has 0 aliphatic carbocycles. The van der Waals surface area contributed by atoms with Gasteiger partial charge < -0.3 is 0 Å². The standard InChI is InChI=1S/29Os. The van der Waals surface area contributed by atoms with E-state index in [1.807, 2.05) is 0 Å². The van der Waals surface area contributed by atoms with Gasteiger partial charge in [-0.2, -0.15) is 0 Å². The fraction of sp³-hybridized carbons (Fsp3) is 0. The molecule has 0 aliphatic heterocycles. The summed E-state index contributed by atoms with van der Waals surface area (Å²) in [6.45, 7) is 0. The van der Waals surface area contributed by atoms with Gasteiger partial charge in [-0.1, -0.05) is 0 Å². The molecule has 0 saturated carbocycles. The SMILES string of the molecule is [Os].[Os].[Os].[Os].[Os].[Os].[Os].[Os].[Os].[Os].[Os].[Os].[Os].[Os].[Os].[Os].[Os].[Os].[Os].[Os].[Os].[Os].[Os].[Os].[Os].[Os].[Os].[Os].[Os]. The average molecular weight is 5520 g/mol. The molecule has 0 amide bonds. The van der Waals surface area contributed by atoms with E-state index in [1.54, 1.807) is 0 Å². The molecule has 0 bridgehead atoms. The maximum Gasteiger partial charge on any atom is 0 e. The zero-order valence-corrected chi connectivity index (χ0v) is 83.9. The molecule has 0 aromatic heterocycles. The summed E-state index contributed by atoms with van der Waals surface area (Å²) >= 11 is 0. The third-order valence-corrected chi connectivity index (χ3v) is 0. The van der Waals surface area contributed by atoms with Crippen molar-refractivity contribution in [3.63, 3.8) is 0 Å². The predicted octanol–water partition coefficient (Wildman–Crippen LogP) is -0.0725. The summed E-state index contributed by atoms with van der Waals surface area (Å²) < 4.78 is 0. The molecular formula is Os29. The van der Waals surface area contributed by atoms with Gasteiger partial charge in [0.05, 0.1) is 0 Å². The third-order valence-electron chi connectivity index (χ3n) is 0. The van der Waals surface area contributed by atoms with Gasteiger partial charge in [0.15, 0.2) is 0 Å². The molecule has 0 atom stereocenters. The van der Waals surface area contributed by atoms with Crippen molar-refractivity contribution in [2.75, 3.05) is 0 Å². The maximum atomic E-state index is 0. The van der Waals surface area contributed by atoms with Crippen LogP contribution < -0.4 is 0 Å². The van der Waals surface area contributed by atoms with Crippen molar-refractivity contribution in [1.82, 2.24) is 0 Å². The summed E-state index contributed by atoms with van der Waals surface area (Å²) in [7, 11) is 0. The largest absolute Gasteiger partial charge is 0 e. The van der Waals surface area contributed by atoms with E-state index in [-0.39, 0.29) is 574 Å². The Labute approximate surface area is 558 Å². The fourth-order valence-corrected chi connectivity index (χ4v) is 0. The van der Waals surface area contributed by atoms with Crippen molar-refractivity contribution in [2.45, 2.75) is 0 Å². The Morgan fingerprint density at radius 3 is 0.0345 bits per heavy atom. The van der Waals surface area contributed by atoms with Gasteiger partial charge in [0.25, 0.3) is 0 Å². The Kier molecular flexibility index (Phi) is 2920. The monoisotopic (exact) mass is 5570 g/mol. The fourth-order valence-electron chi connectivity index (χ4n) is 0. The minimum atomic E-state index is 0. The van der Waals surface area contributed by atoms with Crippen LogP contribution in [0.25, 0.3) is 0 Å². The van der Waals surface area contributed by atoms with E-state index in [2.05, 4.69) is 0 Å². The van der Waals surface area contributed by atoms with Crippen molar-refractivity contribution in [2.24, 2.45) is 0 Å². The first-order valence-corrected chi connectivity index (χ1v) is 0. The molecule has 0 nitrogen and oxygen atoms in total. The zero-order valence-electron chi connectivity index (χ0n) is 10.3. The van der Waals surface area contributed by atoms with E-state index < -0.39 is 0 Å². The minimum absolute atomic E-state index is 0. The molecule has 0 saturated heterocycles. The van der Waals surface area contributed by atoms with Crippen molar-refractivity contribution < 1.29 is 574 Å². The molecule has 0 fully saturated rings. The second-order valence-electron chi connectivity index (χ2n) is 0. The van der Waals surface area contributed by atoms with Gasteiger partial charge in [-0.3, -0.25) is 0 Å². The predicted molar refractivity (Wildman–Crippen MR) is 0 cm³/mol. The molecule has 0 aromatic rings. The number of hydrogen-bond donors (Lipinski definition) is 0. The van der Waals surface area contributed by atoms with Crippen LogP contribution in [0.5, 0.6) is 0 Å². The summed E-state index contributed by atoms with van der Waals surface area (Å²) in [4.78, 5) is 0. The Morgan fingerprint density at radius 1 is 0.0345 bits per heavy atom. The van der Waals surface area contributed by atoms with Crippen LogP contribution in [0, 0.1) is 0 Å². The first-order chi connectivity index (χ1) is 0. The topological polar surface area (TPSA) is 0 Å². The van der Waals surface area contributed by atoms with E-state index in [0.717, 1.165) is 0 Å². The molecule has 232 valence electrons. The summed E-state index contributed by atoms with van der Waals surface area (Å²) in [5.41, 5.74) is 0. The van der Waals surface area contributed by atoms with Gasteiger partial charge in [0, 0.05) is 574 Å². The van der Waals surface area contributed by atoms with Crippen LogP contribution in [-0.2, 0) is 574 Å². The molecule has 0 radical (unpaired) electrons. The second kappa shape index (κ2) is 282. The molecular weight excluding hydrogens is 5520 g/mol. The van der Waals surface area contributed by atoms with Crippen molar-refractivity contribution >= 4 is 0 Å². The zero-order chi connectivity index (χ0) is 0. The summed E-state index contributed by atoms with van der Waals surface area (Å²) in [5, 5.41) is 0. The van der Waals surface area contributed by atoms with Crippen LogP contribution in [0.4, 0.5) is 0 Å². The van der Waals surface area contributed by atoms with E-state index >= 15 is 0 Å². The van der Waals surface area contributed by atoms with E-state index in [0.29, 0.717) is 0 Å². The quantitative estimate of drug-likeness (QED) is 0.320. The molecule has 0 spiro atoms. The van der Waals surface area contributed by atoms with Gasteiger partial charge in [0.1, 0.15) is 0 Å².